The van der Waals surface area contributed by atoms with Gasteiger partial charge in [-0.15, -0.1) is 0 Å². The maximum Gasteiger partial charge on any atom is 0.418 e. The third-order valence-electron chi connectivity index (χ3n) is 4.12. The van der Waals surface area contributed by atoms with Gasteiger partial charge in [-0.1, -0.05) is 0 Å². The zero-order valence-electron chi connectivity index (χ0n) is 13.7. The van der Waals surface area contributed by atoms with Crippen molar-refractivity contribution in [2.24, 2.45) is 0 Å². The number of piperidine rings is 1. The molecule has 1 atom stereocenters. The van der Waals surface area contributed by atoms with E-state index in [0.29, 0.717) is 6.54 Å². The van der Waals surface area contributed by atoms with Gasteiger partial charge < -0.3 is 10.6 Å². The number of rotatable bonds is 4. The Labute approximate surface area is 148 Å². The van der Waals surface area contributed by atoms with Crippen molar-refractivity contribution in [3.63, 3.8) is 0 Å². The summed E-state index contributed by atoms with van der Waals surface area (Å²) in [5.74, 6) is -1.16. The van der Waals surface area contributed by atoms with E-state index >= 15 is 0 Å². The Morgan fingerprint density at radius 2 is 2.12 bits per heavy atom. The summed E-state index contributed by atoms with van der Waals surface area (Å²) < 4.78 is 40.0. The van der Waals surface area contributed by atoms with Crippen molar-refractivity contribution in [2.45, 2.75) is 25.1 Å². The zero-order chi connectivity index (χ0) is 18.7. The van der Waals surface area contributed by atoms with Crippen molar-refractivity contribution < 1.29 is 18.0 Å². The van der Waals surface area contributed by atoms with Crippen molar-refractivity contribution in [3.05, 3.63) is 47.3 Å². The highest BCUT2D eigenvalue weighted by atomic mass is 19.4. The number of halogens is 3. The van der Waals surface area contributed by atoms with E-state index in [0.717, 1.165) is 25.5 Å². The van der Waals surface area contributed by atoms with Gasteiger partial charge in [0.15, 0.2) is 5.82 Å². The summed E-state index contributed by atoms with van der Waals surface area (Å²) in [6.07, 6.45) is -1.63. The van der Waals surface area contributed by atoms with Gasteiger partial charge >= 0.3 is 6.18 Å². The van der Waals surface area contributed by atoms with Crippen molar-refractivity contribution in [1.29, 1.82) is 0 Å². The van der Waals surface area contributed by atoms with E-state index in [2.05, 4.69) is 20.6 Å². The number of carbonyl (C=O) groups is 1. The molecule has 3 N–H and O–H groups in total. The highest BCUT2D eigenvalue weighted by Gasteiger charge is 2.37. The molecule has 2 aromatic rings. The van der Waals surface area contributed by atoms with Crippen LogP contribution < -0.4 is 16.4 Å². The Kier molecular flexibility index (Phi) is 5.08. The van der Waals surface area contributed by atoms with Crippen LogP contribution in [0.1, 0.15) is 34.5 Å². The normalized spacial score (nSPS) is 17.7. The molecule has 0 bridgehead atoms. The van der Waals surface area contributed by atoms with Gasteiger partial charge in [-0.25, -0.2) is 9.97 Å². The quantitative estimate of drug-likeness (QED) is 0.814. The van der Waals surface area contributed by atoms with Crippen LogP contribution in [0, 0.1) is 0 Å². The van der Waals surface area contributed by atoms with Gasteiger partial charge in [-0.3, -0.25) is 10.5 Å². The van der Waals surface area contributed by atoms with E-state index in [9.17, 15) is 18.0 Å². The van der Waals surface area contributed by atoms with Gasteiger partial charge in [0.25, 0.3) is 0 Å². The first-order valence-electron chi connectivity index (χ1n) is 8.13. The third kappa shape index (κ3) is 3.93. The maximum absolute atomic E-state index is 13.3. The molecule has 0 saturated carbocycles. The summed E-state index contributed by atoms with van der Waals surface area (Å²) in [7, 11) is 0. The molecular formula is C17H17F3N5O. The fourth-order valence-corrected chi connectivity index (χ4v) is 2.84. The third-order valence-corrected chi connectivity index (χ3v) is 4.12. The number of pyridine rings is 2. The lowest BCUT2D eigenvalue weighted by Crippen LogP contribution is -2.38. The SMILES string of the molecule is [NH]c1ncccc1C(=O)c1nc(NC2CCCNC2)ccc1C(F)(F)F. The van der Waals surface area contributed by atoms with Crippen LogP contribution in [0.15, 0.2) is 30.5 Å². The van der Waals surface area contributed by atoms with E-state index in [-0.39, 0.29) is 23.2 Å². The number of nitrogens with zero attached hydrogens (tertiary/aromatic N) is 2. The molecule has 9 heteroatoms. The lowest BCUT2D eigenvalue weighted by atomic mass is 10.0. The highest BCUT2D eigenvalue weighted by Crippen LogP contribution is 2.33. The number of ketones is 1. The van der Waals surface area contributed by atoms with E-state index in [1.54, 1.807) is 0 Å². The van der Waals surface area contributed by atoms with Crippen molar-refractivity contribution in [2.75, 3.05) is 18.4 Å². The van der Waals surface area contributed by atoms with Gasteiger partial charge in [-0.05, 0) is 43.7 Å². The molecule has 1 radical (unpaired) electrons. The molecule has 1 fully saturated rings. The molecule has 26 heavy (non-hydrogen) atoms. The molecule has 1 aliphatic rings. The van der Waals surface area contributed by atoms with E-state index < -0.39 is 23.2 Å². The average Bonchev–Trinajstić information content (AvgIpc) is 2.61. The Bertz CT molecular complexity index is 803. The first-order chi connectivity index (χ1) is 12.4. The molecule has 0 amide bonds. The zero-order valence-corrected chi connectivity index (χ0v) is 13.7. The number of carbonyl (C=O) groups excluding carboxylic acids is 1. The largest absolute Gasteiger partial charge is 0.418 e. The van der Waals surface area contributed by atoms with Gasteiger partial charge in [-0.2, -0.15) is 13.2 Å². The topological polar surface area (TPSA) is 90.7 Å². The van der Waals surface area contributed by atoms with Crippen LogP contribution in [-0.2, 0) is 6.18 Å². The van der Waals surface area contributed by atoms with Crippen molar-refractivity contribution in [1.82, 2.24) is 21.0 Å². The minimum absolute atomic E-state index is 0.0288. The molecule has 2 aromatic heterocycles. The number of hydrogen-bond donors (Lipinski definition) is 2. The highest BCUT2D eigenvalue weighted by molar-refractivity contribution is 6.11. The van der Waals surface area contributed by atoms with Crippen LogP contribution in [0.4, 0.5) is 24.8 Å². The summed E-state index contributed by atoms with van der Waals surface area (Å²) in [4.78, 5) is 20.2. The monoisotopic (exact) mass is 364 g/mol. The lowest BCUT2D eigenvalue weighted by Gasteiger charge is -2.24. The Morgan fingerprint density at radius 3 is 2.77 bits per heavy atom. The Balaban J connectivity index is 1.98. The number of aromatic nitrogens is 2. The van der Waals surface area contributed by atoms with E-state index in [1.807, 2.05) is 0 Å². The Hall–Kier alpha value is -2.68. The molecule has 137 valence electrons. The minimum atomic E-state index is -4.73. The first-order valence-corrected chi connectivity index (χ1v) is 8.13. The van der Waals surface area contributed by atoms with Crippen LogP contribution in [0.2, 0.25) is 0 Å². The number of nitrogens with one attached hydrogen (secondary N) is 3. The Morgan fingerprint density at radius 1 is 1.31 bits per heavy atom. The van der Waals surface area contributed by atoms with Crippen molar-refractivity contribution >= 4 is 17.4 Å². The van der Waals surface area contributed by atoms with Gasteiger partial charge in [0.1, 0.15) is 11.5 Å². The smallest absolute Gasteiger partial charge is 0.366 e. The lowest BCUT2D eigenvalue weighted by molar-refractivity contribution is -0.138. The van der Waals surface area contributed by atoms with Crippen LogP contribution in [-0.4, -0.2) is 34.9 Å². The predicted molar refractivity (Wildman–Crippen MR) is 89.2 cm³/mol. The molecule has 0 aromatic carbocycles. The summed E-state index contributed by atoms with van der Waals surface area (Å²) in [5, 5.41) is 6.26. The van der Waals surface area contributed by atoms with Gasteiger partial charge in [0, 0.05) is 18.8 Å². The van der Waals surface area contributed by atoms with Gasteiger partial charge in [0.2, 0.25) is 5.78 Å². The van der Waals surface area contributed by atoms with Crippen molar-refractivity contribution in [3.8, 4) is 0 Å². The first kappa shape index (κ1) is 18.1. The molecular weight excluding hydrogens is 347 g/mol. The number of alkyl halides is 3. The van der Waals surface area contributed by atoms with E-state index in [4.69, 9.17) is 5.73 Å². The fraction of sp³-hybridized carbons (Fsp3) is 0.353. The second kappa shape index (κ2) is 7.28. The summed E-state index contributed by atoms with van der Waals surface area (Å²) in [6.45, 7) is 1.57. The standard InChI is InChI=1S/C17H17F3N5O/c18-17(19,20)12-5-6-13(24-10-3-1-7-22-9-10)25-14(12)15(26)11-4-2-8-23-16(11)21/h2,4-6,8,10,21-22H,1,3,7,9H2,(H,24,25). The molecule has 0 spiro atoms. The minimum Gasteiger partial charge on any atom is -0.366 e. The summed E-state index contributed by atoms with van der Waals surface area (Å²) in [6, 6.07) is 4.76. The molecule has 3 rings (SSSR count). The summed E-state index contributed by atoms with van der Waals surface area (Å²) in [5.41, 5.74) is 5.59. The summed E-state index contributed by atoms with van der Waals surface area (Å²) >= 11 is 0. The van der Waals surface area contributed by atoms with Crippen LogP contribution in [0.3, 0.4) is 0 Å². The van der Waals surface area contributed by atoms with Crippen LogP contribution in [0.25, 0.3) is 0 Å². The second-order valence-corrected chi connectivity index (χ2v) is 6.01. The second-order valence-electron chi connectivity index (χ2n) is 6.01. The molecule has 1 unspecified atom stereocenters. The van der Waals surface area contributed by atoms with Gasteiger partial charge in [0.05, 0.1) is 11.1 Å². The molecule has 0 aliphatic carbocycles. The molecule has 6 nitrogen and oxygen atoms in total. The molecule has 1 saturated heterocycles. The number of hydrogen-bond acceptors (Lipinski definition) is 5. The average molecular weight is 364 g/mol. The fourth-order valence-electron chi connectivity index (χ4n) is 2.84. The predicted octanol–water partition coefficient (Wildman–Crippen LogP) is 2.80. The van der Waals surface area contributed by atoms with E-state index in [1.165, 1.54) is 24.4 Å². The maximum atomic E-state index is 13.3. The molecule has 3 heterocycles. The van der Waals surface area contributed by atoms with Crippen LogP contribution in [0.5, 0.6) is 0 Å². The molecule has 1 aliphatic heterocycles. The number of anilines is 1. The van der Waals surface area contributed by atoms with Crippen LogP contribution >= 0.6 is 0 Å².